The van der Waals surface area contributed by atoms with E-state index in [4.69, 9.17) is 4.74 Å². The number of nitrogens with zero attached hydrogens (tertiary/aromatic N) is 1. The highest BCUT2D eigenvalue weighted by Crippen LogP contribution is 2.36. The molecule has 0 saturated carbocycles. The van der Waals surface area contributed by atoms with Crippen LogP contribution < -0.4 is 10.1 Å². The van der Waals surface area contributed by atoms with Gasteiger partial charge in [-0.3, -0.25) is 19.3 Å². The number of imide groups is 1. The highest BCUT2D eigenvalue weighted by molar-refractivity contribution is 8.18. The summed E-state index contributed by atoms with van der Waals surface area (Å²) in [6.07, 6.45) is 1.65. The van der Waals surface area contributed by atoms with Crippen LogP contribution in [0, 0.1) is 0 Å². The van der Waals surface area contributed by atoms with Crippen molar-refractivity contribution >= 4 is 51.4 Å². The van der Waals surface area contributed by atoms with E-state index in [1.807, 2.05) is 42.5 Å². The Bertz CT molecular complexity index is 1170. The molecule has 1 aliphatic rings. The Kier molecular flexibility index (Phi) is 5.54. The van der Waals surface area contributed by atoms with Crippen molar-refractivity contribution in [2.75, 3.05) is 19.0 Å². The van der Waals surface area contributed by atoms with Crippen molar-refractivity contribution in [3.05, 3.63) is 77.2 Å². The summed E-state index contributed by atoms with van der Waals surface area (Å²) >= 11 is 0.816. The number of para-hydroxylation sites is 1. The number of carbonyl (C=O) groups is 3. The fraction of sp³-hybridized carbons (Fsp3) is 0.0870. The number of nitrogens with one attached hydrogen (secondary N) is 1. The third-order valence-electron chi connectivity index (χ3n) is 4.66. The summed E-state index contributed by atoms with van der Waals surface area (Å²) in [5.74, 6) is -0.335. The van der Waals surface area contributed by atoms with Gasteiger partial charge in [0, 0.05) is 11.3 Å². The minimum Gasteiger partial charge on any atom is -0.496 e. The SMILES string of the molecule is COc1ccc2ccccc2c1/C=C1\SC(=O)N(CC(=O)Nc2ccccc2)C1=O. The number of amides is 3. The molecule has 0 aliphatic carbocycles. The molecule has 3 amide bonds. The zero-order valence-corrected chi connectivity index (χ0v) is 16.9. The van der Waals surface area contributed by atoms with Gasteiger partial charge in [-0.2, -0.15) is 0 Å². The third kappa shape index (κ3) is 3.92. The van der Waals surface area contributed by atoms with Gasteiger partial charge in [-0.25, -0.2) is 0 Å². The molecule has 1 aliphatic heterocycles. The lowest BCUT2D eigenvalue weighted by Crippen LogP contribution is -2.36. The number of hydrogen-bond donors (Lipinski definition) is 1. The Morgan fingerprint density at radius 1 is 1.03 bits per heavy atom. The van der Waals surface area contributed by atoms with Gasteiger partial charge in [0.15, 0.2) is 0 Å². The Labute approximate surface area is 177 Å². The second kappa shape index (κ2) is 8.42. The van der Waals surface area contributed by atoms with Crippen LogP contribution in [0.1, 0.15) is 5.56 Å². The van der Waals surface area contributed by atoms with Crippen molar-refractivity contribution in [3.63, 3.8) is 0 Å². The smallest absolute Gasteiger partial charge is 0.294 e. The third-order valence-corrected chi connectivity index (χ3v) is 5.57. The van der Waals surface area contributed by atoms with Gasteiger partial charge < -0.3 is 10.1 Å². The van der Waals surface area contributed by atoms with Crippen molar-refractivity contribution in [3.8, 4) is 5.75 Å². The van der Waals surface area contributed by atoms with Crippen LogP contribution in [-0.2, 0) is 9.59 Å². The molecule has 30 heavy (non-hydrogen) atoms. The minimum absolute atomic E-state index is 0.252. The lowest BCUT2D eigenvalue weighted by Gasteiger charge is -2.12. The molecule has 6 nitrogen and oxygen atoms in total. The molecule has 1 saturated heterocycles. The number of fused-ring (bicyclic) bond motifs is 1. The highest BCUT2D eigenvalue weighted by atomic mass is 32.2. The summed E-state index contributed by atoms with van der Waals surface area (Å²) < 4.78 is 5.46. The maximum absolute atomic E-state index is 12.8. The van der Waals surface area contributed by atoms with E-state index in [1.165, 1.54) is 0 Å². The van der Waals surface area contributed by atoms with Crippen LogP contribution in [-0.4, -0.2) is 35.6 Å². The van der Waals surface area contributed by atoms with Crippen LogP contribution in [0.2, 0.25) is 0 Å². The van der Waals surface area contributed by atoms with Crippen molar-refractivity contribution in [1.29, 1.82) is 0 Å². The lowest BCUT2D eigenvalue weighted by atomic mass is 10.0. The van der Waals surface area contributed by atoms with Gasteiger partial charge in [0.25, 0.3) is 11.1 Å². The quantitative estimate of drug-likeness (QED) is 0.617. The number of thioether (sulfide) groups is 1. The van der Waals surface area contributed by atoms with Gasteiger partial charge in [0.05, 0.1) is 12.0 Å². The first-order chi connectivity index (χ1) is 14.6. The second-order valence-corrected chi connectivity index (χ2v) is 7.58. The number of methoxy groups -OCH3 is 1. The standard InChI is InChI=1S/C23H18N2O4S/c1-29-19-12-11-15-7-5-6-10-17(15)18(19)13-20-22(27)25(23(28)30-20)14-21(26)24-16-8-3-2-4-9-16/h2-13H,14H2,1H3,(H,24,26)/b20-13-. The van der Waals surface area contributed by atoms with E-state index in [9.17, 15) is 14.4 Å². The molecule has 4 rings (SSSR count). The Balaban J connectivity index is 1.59. The molecule has 150 valence electrons. The maximum Gasteiger partial charge on any atom is 0.294 e. The summed E-state index contributed by atoms with van der Waals surface area (Å²) in [6, 6.07) is 20.4. The molecular weight excluding hydrogens is 400 g/mol. The molecule has 3 aromatic carbocycles. The largest absolute Gasteiger partial charge is 0.496 e. The molecule has 7 heteroatoms. The van der Waals surface area contributed by atoms with E-state index < -0.39 is 17.1 Å². The monoisotopic (exact) mass is 418 g/mol. The van der Waals surface area contributed by atoms with Gasteiger partial charge in [-0.1, -0.05) is 48.5 Å². The number of ether oxygens (including phenoxy) is 1. The molecule has 1 heterocycles. The van der Waals surface area contributed by atoms with E-state index >= 15 is 0 Å². The predicted octanol–water partition coefficient (Wildman–Crippen LogP) is 4.52. The van der Waals surface area contributed by atoms with Crippen molar-refractivity contribution in [2.45, 2.75) is 0 Å². The molecule has 0 unspecified atom stereocenters. The zero-order valence-electron chi connectivity index (χ0n) is 16.1. The summed E-state index contributed by atoms with van der Waals surface area (Å²) in [5, 5.41) is 4.10. The number of hydrogen-bond acceptors (Lipinski definition) is 5. The summed E-state index contributed by atoms with van der Waals surface area (Å²) in [7, 11) is 1.56. The Hall–Kier alpha value is -3.58. The second-order valence-electron chi connectivity index (χ2n) is 6.58. The van der Waals surface area contributed by atoms with Crippen LogP contribution in [0.25, 0.3) is 16.8 Å². The van der Waals surface area contributed by atoms with Crippen molar-refractivity contribution in [1.82, 2.24) is 4.90 Å². The first-order valence-corrected chi connectivity index (χ1v) is 10.0. The van der Waals surface area contributed by atoms with Gasteiger partial charge in [-0.15, -0.1) is 0 Å². The molecule has 0 aromatic heterocycles. The van der Waals surface area contributed by atoms with Gasteiger partial charge >= 0.3 is 0 Å². The predicted molar refractivity (Wildman–Crippen MR) is 118 cm³/mol. The van der Waals surface area contributed by atoms with Crippen molar-refractivity contribution < 1.29 is 19.1 Å². The number of benzene rings is 3. The van der Waals surface area contributed by atoms with Gasteiger partial charge in [0.1, 0.15) is 12.3 Å². The average molecular weight is 418 g/mol. The first-order valence-electron chi connectivity index (χ1n) is 9.23. The topological polar surface area (TPSA) is 75.7 Å². The van der Waals surface area contributed by atoms with Gasteiger partial charge in [-0.05, 0) is 46.8 Å². The number of carbonyl (C=O) groups excluding carboxylic acids is 3. The van der Waals surface area contributed by atoms with Crippen LogP contribution in [0.3, 0.4) is 0 Å². The number of anilines is 1. The molecule has 0 atom stereocenters. The lowest BCUT2D eigenvalue weighted by molar-refractivity contribution is -0.127. The first kappa shape index (κ1) is 19.7. The zero-order chi connectivity index (χ0) is 21.1. The van der Waals surface area contributed by atoms with E-state index in [0.29, 0.717) is 11.4 Å². The minimum atomic E-state index is -0.497. The normalized spacial score (nSPS) is 15.1. The van der Waals surface area contributed by atoms with E-state index in [0.717, 1.165) is 33.0 Å². The fourth-order valence-corrected chi connectivity index (χ4v) is 4.06. The van der Waals surface area contributed by atoms with E-state index in [-0.39, 0.29) is 11.4 Å². The summed E-state index contributed by atoms with van der Waals surface area (Å²) in [4.78, 5) is 38.7. The number of rotatable bonds is 5. The molecular formula is C23H18N2O4S. The van der Waals surface area contributed by atoms with Crippen LogP contribution in [0.5, 0.6) is 5.75 Å². The van der Waals surface area contributed by atoms with Crippen molar-refractivity contribution in [2.24, 2.45) is 0 Å². The van der Waals surface area contributed by atoms with Gasteiger partial charge in [0.2, 0.25) is 5.91 Å². The summed E-state index contributed by atoms with van der Waals surface area (Å²) in [6.45, 7) is -0.344. The summed E-state index contributed by atoms with van der Waals surface area (Å²) in [5.41, 5.74) is 1.32. The molecule has 1 fully saturated rings. The van der Waals surface area contributed by atoms with Crippen LogP contribution in [0.15, 0.2) is 71.6 Å². The Morgan fingerprint density at radius 3 is 2.53 bits per heavy atom. The molecule has 1 N–H and O–H groups in total. The maximum atomic E-state index is 12.8. The fourth-order valence-electron chi connectivity index (χ4n) is 3.24. The molecule has 0 radical (unpaired) electrons. The van der Waals surface area contributed by atoms with Crippen LogP contribution >= 0.6 is 11.8 Å². The molecule has 3 aromatic rings. The highest BCUT2D eigenvalue weighted by Gasteiger charge is 2.36. The van der Waals surface area contributed by atoms with E-state index in [1.54, 1.807) is 37.5 Å². The van der Waals surface area contributed by atoms with Crippen LogP contribution in [0.4, 0.5) is 10.5 Å². The average Bonchev–Trinajstić information content (AvgIpc) is 3.02. The molecule has 0 spiro atoms. The van der Waals surface area contributed by atoms with E-state index in [2.05, 4.69) is 5.32 Å². The Morgan fingerprint density at radius 2 is 1.77 bits per heavy atom. The molecule has 0 bridgehead atoms.